The van der Waals surface area contributed by atoms with Crippen LogP contribution in [-0.2, 0) is 0 Å². The highest BCUT2D eigenvalue weighted by Gasteiger charge is 2.11. The van der Waals surface area contributed by atoms with E-state index in [1.54, 1.807) is 29.0 Å². The van der Waals surface area contributed by atoms with Crippen molar-refractivity contribution < 1.29 is 9.53 Å². The number of nitrogens with one attached hydrogen (secondary N) is 2. The number of unbranched alkanes of at least 4 members (excludes halogenated alkanes) is 1. The number of fused-ring (bicyclic) bond motifs is 1. The van der Waals surface area contributed by atoms with Gasteiger partial charge in [0.15, 0.2) is 5.11 Å². The van der Waals surface area contributed by atoms with Crippen LogP contribution in [0.3, 0.4) is 0 Å². The summed E-state index contributed by atoms with van der Waals surface area (Å²) in [6.45, 7) is 2.73. The van der Waals surface area contributed by atoms with E-state index in [9.17, 15) is 4.79 Å². The van der Waals surface area contributed by atoms with Crippen molar-refractivity contribution in [3.8, 4) is 16.3 Å². The number of ether oxygens (including phenoxy) is 1. The van der Waals surface area contributed by atoms with Crippen LogP contribution in [0, 0.1) is 0 Å². The Morgan fingerprint density at radius 1 is 1.23 bits per heavy atom. The van der Waals surface area contributed by atoms with Gasteiger partial charge < -0.3 is 10.1 Å². The van der Waals surface area contributed by atoms with Gasteiger partial charge in [-0.05, 0) is 49.0 Å². The van der Waals surface area contributed by atoms with Gasteiger partial charge in [-0.1, -0.05) is 42.9 Å². The van der Waals surface area contributed by atoms with E-state index in [0.717, 1.165) is 34.1 Å². The zero-order valence-electron chi connectivity index (χ0n) is 16.7. The summed E-state index contributed by atoms with van der Waals surface area (Å²) in [5.74, 6) is 0.362. The minimum absolute atomic E-state index is 0.206. The molecule has 4 rings (SSSR count). The molecular formula is C21H20N6O2S2. The third-order valence-electron chi connectivity index (χ3n) is 4.34. The number of benzene rings is 2. The number of nitrogens with zero attached hydrogens (tertiary/aromatic N) is 4. The number of carbonyl (C=O) groups excluding carboxylic acids is 1. The average Bonchev–Trinajstić information content (AvgIpc) is 3.37. The molecule has 0 radical (unpaired) electrons. The Kier molecular flexibility index (Phi) is 6.48. The molecule has 0 aliphatic carbocycles. The van der Waals surface area contributed by atoms with Crippen molar-refractivity contribution in [3.63, 3.8) is 0 Å². The first-order valence-corrected chi connectivity index (χ1v) is 11.0. The maximum atomic E-state index is 12.6. The molecule has 0 spiro atoms. The summed E-state index contributed by atoms with van der Waals surface area (Å²) in [6, 6.07) is 14.7. The van der Waals surface area contributed by atoms with Gasteiger partial charge >= 0.3 is 0 Å². The second-order valence-corrected chi connectivity index (χ2v) is 8.05. The van der Waals surface area contributed by atoms with E-state index in [0.29, 0.717) is 17.9 Å². The van der Waals surface area contributed by atoms with Gasteiger partial charge in [-0.2, -0.15) is 9.61 Å². The zero-order valence-corrected chi connectivity index (χ0v) is 18.4. The maximum absolute atomic E-state index is 12.6. The van der Waals surface area contributed by atoms with Crippen molar-refractivity contribution in [2.24, 2.45) is 0 Å². The summed E-state index contributed by atoms with van der Waals surface area (Å²) >= 11 is 6.76. The lowest BCUT2D eigenvalue weighted by molar-refractivity contribution is 0.0977. The monoisotopic (exact) mass is 452 g/mol. The van der Waals surface area contributed by atoms with E-state index in [4.69, 9.17) is 17.0 Å². The summed E-state index contributed by atoms with van der Waals surface area (Å²) in [5, 5.41) is 19.0. The molecule has 8 nitrogen and oxygen atoms in total. The second kappa shape index (κ2) is 9.63. The van der Waals surface area contributed by atoms with E-state index in [1.807, 2.05) is 30.3 Å². The van der Waals surface area contributed by atoms with Crippen molar-refractivity contribution in [1.29, 1.82) is 0 Å². The molecule has 2 aromatic carbocycles. The third-order valence-corrected chi connectivity index (χ3v) is 5.51. The number of anilines is 1. The molecule has 0 saturated heterocycles. The largest absolute Gasteiger partial charge is 0.494 e. The fraction of sp³-hybridized carbons (Fsp3) is 0.190. The summed E-state index contributed by atoms with van der Waals surface area (Å²) in [6.07, 6.45) is 3.58. The van der Waals surface area contributed by atoms with Gasteiger partial charge in [-0.3, -0.25) is 10.1 Å². The highest BCUT2D eigenvalue weighted by molar-refractivity contribution is 7.80. The first kappa shape index (κ1) is 20.9. The first-order chi connectivity index (χ1) is 15.1. The van der Waals surface area contributed by atoms with E-state index >= 15 is 0 Å². The SMILES string of the molecule is CCCCOc1cccc(C(=O)NC(=S)Nc2cccc(-c3nn4cnnc4s3)c2)c1. The standard InChI is InChI=1S/C21H20N6O2S2/c1-2-3-10-29-17-9-5-6-14(12-17)18(28)24-20(30)23-16-8-4-7-15(11-16)19-26-27-13-22-25-21(27)31-19/h4-9,11-13H,2-3,10H2,1H3,(H2,23,24,28,30). The van der Waals surface area contributed by atoms with Crippen LogP contribution in [0.15, 0.2) is 54.9 Å². The molecule has 2 N–H and O–H groups in total. The van der Waals surface area contributed by atoms with Crippen molar-refractivity contribution in [2.75, 3.05) is 11.9 Å². The fourth-order valence-electron chi connectivity index (χ4n) is 2.81. The Hall–Kier alpha value is -3.37. The highest BCUT2D eigenvalue weighted by atomic mass is 32.1. The second-order valence-electron chi connectivity index (χ2n) is 6.68. The third kappa shape index (κ3) is 5.22. The number of amides is 1. The van der Waals surface area contributed by atoms with Crippen LogP contribution in [-0.4, -0.2) is 37.4 Å². The lowest BCUT2D eigenvalue weighted by Gasteiger charge is -2.11. The smallest absolute Gasteiger partial charge is 0.257 e. The molecule has 0 saturated carbocycles. The topological polar surface area (TPSA) is 93.4 Å². The molecule has 2 heterocycles. The van der Waals surface area contributed by atoms with Gasteiger partial charge in [0.05, 0.1) is 6.61 Å². The molecule has 4 aromatic rings. The lowest BCUT2D eigenvalue weighted by atomic mass is 10.2. The Morgan fingerprint density at radius 2 is 2.10 bits per heavy atom. The summed E-state index contributed by atoms with van der Waals surface area (Å²) < 4.78 is 7.30. The molecule has 0 bridgehead atoms. The van der Waals surface area contributed by atoms with Gasteiger partial charge in [-0.15, -0.1) is 10.2 Å². The molecule has 0 atom stereocenters. The van der Waals surface area contributed by atoms with Gasteiger partial charge in [0, 0.05) is 16.8 Å². The van der Waals surface area contributed by atoms with Crippen molar-refractivity contribution in [3.05, 3.63) is 60.4 Å². The number of hydrogen-bond acceptors (Lipinski definition) is 7. The molecule has 0 aliphatic rings. The number of thiocarbonyl (C=S) groups is 1. The predicted molar refractivity (Wildman–Crippen MR) is 125 cm³/mol. The van der Waals surface area contributed by atoms with Gasteiger partial charge in [-0.25, -0.2) is 0 Å². The Morgan fingerprint density at radius 3 is 2.94 bits per heavy atom. The van der Waals surface area contributed by atoms with Crippen LogP contribution in [0.2, 0.25) is 0 Å². The summed E-state index contributed by atoms with van der Waals surface area (Å²) in [4.78, 5) is 13.3. The summed E-state index contributed by atoms with van der Waals surface area (Å²) in [7, 11) is 0. The van der Waals surface area contributed by atoms with Crippen LogP contribution in [0.4, 0.5) is 5.69 Å². The molecule has 0 fully saturated rings. The lowest BCUT2D eigenvalue weighted by Crippen LogP contribution is -2.34. The maximum Gasteiger partial charge on any atom is 0.257 e. The number of rotatable bonds is 7. The van der Waals surface area contributed by atoms with Crippen LogP contribution >= 0.6 is 23.6 Å². The van der Waals surface area contributed by atoms with E-state index in [1.165, 1.54) is 11.3 Å². The molecule has 158 valence electrons. The van der Waals surface area contributed by atoms with Crippen LogP contribution in [0.5, 0.6) is 5.75 Å². The number of hydrogen-bond donors (Lipinski definition) is 2. The first-order valence-electron chi connectivity index (χ1n) is 9.75. The molecule has 1 amide bonds. The van der Waals surface area contributed by atoms with Crippen LogP contribution < -0.4 is 15.4 Å². The molecule has 31 heavy (non-hydrogen) atoms. The van der Waals surface area contributed by atoms with Crippen molar-refractivity contribution >= 4 is 45.2 Å². The van der Waals surface area contributed by atoms with Crippen LogP contribution in [0.25, 0.3) is 15.5 Å². The van der Waals surface area contributed by atoms with E-state index < -0.39 is 0 Å². The highest BCUT2D eigenvalue weighted by Crippen LogP contribution is 2.26. The summed E-state index contributed by atoms with van der Waals surface area (Å²) in [5.41, 5.74) is 2.13. The predicted octanol–water partition coefficient (Wildman–Crippen LogP) is 4.16. The molecule has 0 unspecified atom stereocenters. The average molecular weight is 453 g/mol. The quantitative estimate of drug-likeness (QED) is 0.321. The molecule has 0 aliphatic heterocycles. The van der Waals surface area contributed by atoms with Gasteiger partial charge in [0.2, 0.25) is 4.96 Å². The number of carbonyl (C=O) groups is 1. The molecule has 2 aromatic heterocycles. The normalized spacial score (nSPS) is 10.7. The van der Waals surface area contributed by atoms with Crippen LogP contribution in [0.1, 0.15) is 30.1 Å². The van der Waals surface area contributed by atoms with E-state index in [2.05, 4.69) is 32.9 Å². The minimum Gasteiger partial charge on any atom is -0.494 e. The van der Waals surface area contributed by atoms with E-state index in [-0.39, 0.29) is 11.0 Å². The molecule has 10 heteroatoms. The minimum atomic E-state index is -0.303. The Balaban J connectivity index is 1.39. The Labute approximate surface area is 188 Å². The Bertz CT molecular complexity index is 1190. The zero-order chi connectivity index (χ0) is 21.6. The van der Waals surface area contributed by atoms with Crippen molar-refractivity contribution in [2.45, 2.75) is 19.8 Å². The fourth-order valence-corrected chi connectivity index (χ4v) is 3.83. The van der Waals surface area contributed by atoms with Gasteiger partial charge in [0.25, 0.3) is 5.91 Å². The van der Waals surface area contributed by atoms with Crippen molar-refractivity contribution in [1.82, 2.24) is 25.1 Å². The van der Waals surface area contributed by atoms with Gasteiger partial charge in [0.1, 0.15) is 17.1 Å². The number of aromatic nitrogens is 4. The molecular weight excluding hydrogens is 432 g/mol.